The number of aryl methyl sites for hydroxylation is 1. The number of piperidine rings is 1. The van der Waals surface area contributed by atoms with Crippen molar-refractivity contribution in [3.05, 3.63) is 46.0 Å². The molecule has 0 radical (unpaired) electrons. The minimum atomic E-state index is -0.506. The molecule has 1 N–H and O–H groups in total. The van der Waals surface area contributed by atoms with Crippen molar-refractivity contribution in [2.75, 3.05) is 25.0 Å². The molecule has 2 aromatic rings. The Balaban J connectivity index is 1.43. The predicted octanol–water partition coefficient (Wildman–Crippen LogP) is 3.25. The summed E-state index contributed by atoms with van der Waals surface area (Å²) in [6.07, 6.45) is 1.89. The van der Waals surface area contributed by atoms with Crippen LogP contribution in [0.1, 0.15) is 57.5 Å². The first-order valence-electron chi connectivity index (χ1n) is 11.2. The average Bonchev–Trinajstić information content (AvgIpc) is 3.22. The number of benzene rings is 1. The van der Waals surface area contributed by atoms with Gasteiger partial charge in [0.25, 0.3) is 5.91 Å². The van der Waals surface area contributed by atoms with Crippen LogP contribution in [-0.4, -0.2) is 53.1 Å². The Bertz CT molecular complexity index is 1100. The van der Waals surface area contributed by atoms with E-state index in [1.54, 1.807) is 24.0 Å². The number of carbonyl (C=O) groups excluding carboxylic acids is 4. The second-order valence-electron chi connectivity index (χ2n) is 8.52. The SMILES string of the molecule is CCOC(=O)C1CCCN(C(=O)C2CC(=O)c3sc(NC(=O)c4cccc(C)c4)nc3C2)C1. The van der Waals surface area contributed by atoms with E-state index in [2.05, 4.69) is 10.3 Å². The number of hydrogen-bond acceptors (Lipinski definition) is 7. The number of rotatable bonds is 5. The van der Waals surface area contributed by atoms with Crippen molar-refractivity contribution in [1.82, 2.24) is 9.88 Å². The third kappa shape index (κ3) is 5.13. The molecule has 9 heteroatoms. The fraction of sp³-hybridized carbons (Fsp3) is 0.458. The van der Waals surface area contributed by atoms with Gasteiger partial charge in [-0.05, 0) is 38.8 Å². The van der Waals surface area contributed by atoms with Gasteiger partial charge in [0.2, 0.25) is 5.91 Å². The molecular weight excluding hydrogens is 442 g/mol. The van der Waals surface area contributed by atoms with Gasteiger partial charge in [0.05, 0.1) is 29.0 Å². The monoisotopic (exact) mass is 469 g/mol. The Morgan fingerprint density at radius 3 is 2.82 bits per heavy atom. The Morgan fingerprint density at radius 2 is 2.06 bits per heavy atom. The van der Waals surface area contributed by atoms with Crippen LogP contribution in [0.15, 0.2) is 24.3 Å². The third-order valence-corrected chi connectivity index (χ3v) is 7.08. The summed E-state index contributed by atoms with van der Waals surface area (Å²) in [6, 6.07) is 7.22. The van der Waals surface area contributed by atoms with Crippen molar-refractivity contribution >= 4 is 40.0 Å². The van der Waals surface area contributed by atoms with Gasteiger partial charge in [-0.2, -0.15) is 0 Å². The second-order valence-corrected chi connectivity index (χ2v) is 9.52. The smallest absolute Gasteiger partial charge is 0.310 e. The molecule has 33 heavy (non-hydrogen) atoms. The first-order chi connectivity index (χ1) is 15.9. The summed E-state index contributed by atoms with van der Waals surface area (Å²) in [5.74, 6) is -1.65. The number of likely N-dealkylation sites (tertiary alicyclic amines) is 1. The Hall–Kier alpha value is -3.07. The highest BCUT2D eigenvalue weighted by Crippen LogP contribution is 2.34. The standard InChI is InChI=1S/C24H27N3O5S/c1-3-32-23(31)16-8-5-9-27(13-16)22(30)17-11-18-20(19(28)12-17)33-24(25-18)26-21(29)15-7-4-6-14(2)10-15/h4,6-7,10,16-17H,3,5,8-9,11-13H2,1-2H3,(H,25,26,29). The van der Waals surface area contributed by atoms with Crippen LogP contribution >= 0.6 is 11.3 Å². The molecule has 1 aromatic heterocycles. The van der Waals surface area contributed by atoms with E-state index in [0.717, 1.165) is 23.3 Å². The first kappa shape index (κ1) is 23.1. The van der Waals surface area contributed by atoms with E-state index in [9.17, 15) is 19.2 Å². The molecule has 8 nitrogen and oxygen atoms in total. The summed E-state index contributed by atoms with van der Waals surface area (Å²) >= 11 is 1.15. The van der Waals surface area contributed by atoms with Crippen molar-refractivity contribution in [1.29, 1.82) is 0 Å². The van der Waals surface area contributed by atoms with Crippen LogP contribution < -0.4 is 5.32 Å². The lowest BCUT2D eigenvalue weighted by atomic mass is 9.87. The Kier molecular flexibility index (Phi) is 6.88. The second kappa shape index (κ2) is 9.82. The van der Waals surface area contributed by atoms with Crippen molar-refractivity contribution in [3.63, 3.8) is 0 Å². The molecule has 2 aliphatic rings. The number of Topliss-reactive ketones (excluding diaryl/α,β-unsaturated/α-hetero) is 1. The highest BCUT2D eigenvalue weighted by atomic mass is 32.1. The summed E-state index contributed by atoms with van der Waals surface area (Å²) in [4.78, 5) is 57.2. The summed E-state index contributed by atoms with van der Waals surface area (Å²) in [6.45, 7) is 4.88. The van der Waals surface area contributed by atoms with Gasteiger partial charge in [-0.15, -0.1) is 0 Å². The first-order valence-corrected chi connectivity index (χ1v) is 12.0. The number of nitrogens with zero attached hydrogens (tertiary/aromatic N) is 2. The molecule has 174 valence electrons. The van der Waals surface area contributed by atoms with E-state index in [1.807, 2.05) is 19.1 Å². The molecule has 4 rings (SSSR count). The quantitative estimate of drug-likeness (QED) is 0.674. The Morgan fingerprint density at radius 1 is 1.24 bits per heavy atom. The highest BCUT2D eigenvalue weighted by Gasteiger charge is 2.37. The van der Waals surface area contributed by atoms with E-state index in [-0.39, 0.29) is 35.9 Å². The van der Waals surface area contributed by atoms with E-state index in [1.165, 1.54) is 0 Å². The van der Waals surface area contributed by atoms with E-state index < -0.39 is 5.92 Å². The number of nitrogens with one attached hydrogen (secondary N) is 1. The van der Waals surface area contributed by atoms with Crippen molar-refractivity contribution in [2.45, 2.75) is 39.5 Å². The lowest BCUT2D eigenvalue weighted by Gasteiger charge is -2.34. The number of aromatic nitrogens is 1. The maximum atomic E-state index is 13.2. The zero-order valence-corrected chi connectivity index (χ0v) is 19.6. The van der Waals surface area contributed by atoms with Gasteiger partial charge in [-0.25, -0.2) is 4.98 Å². The van der Waals surface area contributed by atoms with E-state index >= 15 is 0 Å². The molecule has 2 amide bonds. The van der Waals surface area contributed by atoms with Crippen LogP contribution in [-0.2, 0) is 20.7 Å². The number of hydrogen-bond donors (Lipinski definition) is 1. The fourth-order valence-electron chi connectivity index (χ4n) is 4.40. The summed E-state index contributed by atoms with van der Waals surface area (Å²) in [5.41, 5.74) is 2.04. The number of thiazole rings is 1. The van der Waals surface area contributed by atoms with Crippen LogP contribution in [0, 0.1) is 18.8 Å². The zero-order valence-electron chi connectivity index (χ0n) is 18.8. The van der Waals surface area contributed by atoms with Crippen LogP contribution in [0.5, 0.6) is 0 Å². The average molecular weight is 470 g/mol. The summed E-state index contributed by atoms with van der Waals surface area (Å²) < 4.78 is 5.12. The lowest BCUT2D eigenvalue weighted by molar-refractivity contribution is -0.152. The van der Waals surface area contributed by atoms with Crippen LogP contribution in [0.25, 0.3) is 0 Å². The molecule has 1 aliphatic heterocycles. The van der Waals surface area contributed by atoms with Gasteiger partial charge in [-0.1, -0.05) is 29.0 Å². The molecule has 2 heterocycles. The number of esters is 1. The molecule has 2 unspecified atom stereocenters. The van der Waals surface area contributed by atoms with Crippen LogP contribution in [0.2, 0.25) is 0 Å². The summed E-state index contributed by atoms with van der Waals surface area (Å²) in [5, 5.41) is 3.13. The number of carbonyl (C=O) groups is 4. The molecule has 1 saturated heterocycles. The van der Waals surface area contributed by atoms with Gasteiger partial charge < -0.3 is 9.64 Å². The highest BCUT2D eigenvalue weighted by molar-refractivity contribution is 7.17. The largest absolute Gasteiger partial charge is 0.466 e. The number of amides is 2. The predicted molar refractivity (Wildman–Crippen MR) is 123 cm³/mol. The van der Waals surface area contributed by atoms with Gasteiger partial charge in [0, 0.05) is 31.5 Å². The molecule has 1 aromatic carbocycles. The fourth-order valence-corrected chi connectivity index (χ4v) is 5.34. The Labute approximate surface area is 196 Å². The summed E-state index contributed by atoms with van der Waals surface area (Å²) in [7, 11) is 0. The van der Waals surface area contributed by atoms with E-state index in [4.69, 9.17) is 4.74 Å². The molecule has 0 spiro atoms. The van der Waals surface area contributed by atoms with Gasteiger partial charge in [0.1, 0.15) is 0 Å². The normalized spacial score (nSPS) is 20.2. The molecule has 1 aliphatic carbocycles. The van der Waals surface area contributed by atoms with Crippen LogP contribution in [0.4, 0.5) is 5.13 Å². The third-order valence-electron chi connectivity index (χ3n) is 6.03. The minimum Gasteiger partial charge on any atom is -0.466 e. The van der Waals surface area contributed by atoms with Crippen molar-refractivity contribution in [3.8, 4) is 0 Å². The molecule has 1 fully saturated rings. The van der Waals surface area contributed by atoms with Crippen molar-refractivity contribution < 1.29 is 23.9 Å². The molecular formula is C24H27N3O5S. The number of fused-ring (bicyclic) bond motifs is 1. The topological polar surface area (TPSA) is 106 Å². The molecule has 0 bridgehead atoms. The maximum Gasteiger partial charge on any atom is 0.310 e. The zero-order chi connectivity index (χ0) is 23.5. The van der Waals surface area contributed by atoms with E-state index in [0.29, 0.717) is 53.8 Å². The number of ether oxygens (including phenoxy) is 1. The van der Waals surface area contributed by atoms with Crippen molar-refractivity contribution in [2.24, 2.45) is 11.8 Å². The van der Waals surface area contributed by atoms with Gasteiger partial charge >= 0.3 is 5.97 Å². The minimum absolute atomic E-state index is 0.111. The number of anilines is 1. The number of ketones is 1. The van der Waals surface area contributed by atoms with Gasteiger partial charge in [-0.3, -0.25) is 24.5 Å². The maximum absolute atomic E-state index is 13.2. The van der Waals surface area contributed by atoms with Crippen LogP contribution in [0.3, 0.4) is 0 Å². The van der Waals surface area contributed by atoms with Gasteiger partial charge in [0.15, 0.2) is 10.9 Å². The molecule has 0 saturated carbocycles. The lowest BCUT2D eigenvalue weighted by Crippen LogP contribution is -2.46. The molecule has 2 atom stereocenters.